The monoisotopic (exact) mass is 195 g/mol. The number of aromatic nitrogens is 1. The van der Waals surface area contributed by atoms with Crippen molar-refractivity contribution in [3.63, 3.8) is 0 Å². The SMILES string of the molecule is CNc1ncc(F)cc1CNC1CC1. The summed E-state index contributed by atoms with van der Waals surface area (Å²) in [6.45, 7) is 0.686. The topological polar surface area (TPSA) is 37.0 Å². The molecule has 3 nitrogen and oxygen atoms in total. The van der Waals surface area contributed by atoms with E-state index < -0.39 is 0 Å². The van der Waals surface area contributed by atoms with Crippen molar-refractivity contribution in [3.05, 3.63) is 23.6 Å². The molecule has 1 fully saturated rings. The van der Waals surface area contributed by atoms with E-state index >= 15 is 0 Å². The van der Waals surface area contributed by atoms with Gasteiger partial charge in [-0.1, -0.05) is 0 Å². The molecule has 1 saturated carbocycles. The number of hydrogen-bond donors (Lipinski definition) is 2. The molecule has 1 aromatic rings. The Morgan fingerprint density at radius 2 is 2.36 bits per heavy atom. The zero-order valence-electron chi connectivity index (χ0n) is 8.18. The molecular formula is C10H14FN3. The average molecular weight is 195 g/mol. The minimum absolute atomic E-state index is 0.281. The van der Waals surface area contributed by atoms with Crippen LogP contribution >= 0.6 is 0 Å². The van der Waals surface area contributed by atoms with Gasteiger partial charge in [0.05, 0.1) is 6.20 Å². The zero-order valence-corrected chi connectivity index (χ0v) is 8.18. The van der Waals surface area contributed by atoms with Gasteiger partial charge in [-0.25, -0.2) is 9.37 Å². The standard InChI is InChI=1S/C10H14FN3/c1-12-10-7(4-8(11)6-14-10)5-13-9-2-3-9/h4,6,9,13H,2-3,5H2,1H3,(H,12,14). The van der Waals surface area contributed by atoms with Gasteiger partial charge in [-0.2, -0.15) is 0 Å². The summed E-state index contributed by atoms with van der Waals surface area (Å²) in [6.07, 6.45) is 3.70. The smallest absolute Gasteiger partial charge is 0.141 e. The van der Waals surface area contributed by atoms with Crippen LogP contribution in [0.3, 0.4) is 0 Å². The summed E-state index contributed by atoms with van der Waals surface area (Å²) in [5, 5.41) is 6.28. The lowest BCUT2D eigenvalue weighted by molar-refractivity contribution is 0.613. The van der Waals surface area contributed by atoms with Crippen LogP contribution in [-0.4, -0.2) is 18.1 Å². The molecule has 0 saturated heterocycles. The van der Waals surface area contributed by atoms with Crippen LogP contribution in [0, 0.1) is 5.82 Å². The van der Waals surface area contributed by atoms with Gasteiger partial charge in [0.25, 0.3) is 0 Å². The molecular weight excluding hydrogens is 181 g/mol. The lowest BCUT2D eigenvalue weighted by atomic mass is 10.2. The molecule has 0 atom stereocenters. The van der Waals surface area contributed by atoms with Crippen molar-refractivity contribution in [2.75, 3.05) is 12.4 Å². The van der Waals surface area contributed by atoms with Gasteiger partial charge in [0.15, 0.2) is 0 Å². The van der Waals surface area contributed by atoms with E-state index in [2.05, 4.69) is 15.6 Å². The lowest BCUT2D eigenvalue weighted by Gasteiger charge is -2.08. The molecule has 0 unspecified atom stereocenters. The fourth-order valence-electron chi connectivity index (χ4n) is 1.38. The highest BCUT2D eigenvalue weighted by atomic mass is 19.1. The maximum absolute atomic E-state index is 12.9. The second-order valence-electron chi connectivity index (χ2n) is 3.57. The van der Waals surface area contributed by atoms with E-state index in [4.69, 9.17) is 0 Å². The Kier molecular flexibility index (Phi) is 2.63. The van der Waals surface area contributed by atoms with Gasteiger partial charge in [0, 0.05) is 25.2 Å². The van der Waals surface area contributed by atoms with Crippen LogP contribution in [0.25, 0.3) is 0 Å². The second kappa shape index (κ2) is 3.92. The number of pyridine rings is 1. The number of nitrogens with one attached hydrogen (secondary N) is 2. The maximum atomic E-state index is 12.9. The number of hydrogen-bond acceptors (Lipinski definition) is 3. The van der Waals surface area contributed by atoms with Gasteiger partial charge in [-0.3, -0.25) is 0 Å². The molecule has 1 aromatic heterocycles. The van der Waals surface area contributed by atoms with E-state index in [0.29, 0.717) is 12.6 Å². The Bertz CT molecular complexity index is 323. The van der Waals surface area contributed by atoms with Gasteiger partial charge in [0.2, 0.25) is 0 Å². The van der Waals surface area contributed by atoms with Gasteiger partial charge >= 0.3 is 0 Å². The highest BCUT2D eigenvalue weighted by Gasteiger charge is 2.20. The molecule has 76 valence electrons. The highest BCUT2D eigenvalue weighted by molar-refractivity contribution is 5.43. The summed E-state index contributed by atoms with van der Waals surface area (Å²) in [7, 11) is 1.79. The van der Waals surface area contributed by atoms with Crippen molar-refractivity contribution in [2.45, 2.75) is 25.4 Å². The average Bonchev–Trinajstić information content (AvgIpc) is 2.98. The van der Waals surface area contributed by atoms with Crippen LogP contribution in [0.5, 0.6) is 0 Å². The predicted molar refractivity (Wildman–Crippen MR) is 53.6 cm³/mol. The fourth-order valence-corrected chi connectivity index (χ4v) is 1.38. The van der Waals surface area contributed by atoms with E-state index in [-0.39, 0.29) is 5.82 Å². The molecule has 0 aromatic carbocycles. The van der Waals surface area contributed by atoms with Crippen LogP contribution in [0.4, 0.5) is 10.2 Å². The number of rotatable bonds is 4. The first kappa shape index (κ1) is 9.40. The van der Waals surface area contributed by atoms with Crippen molar-refractivity contribution < 1.29 is 4.39 Å². The molecule has 14 heavy (non-hydrogen) atoms. The third-order valence-corrected chi connectivity index (χ3v) is 2.33. The van der Waals surface area contributed by atoms with Crippen molar-refractivity contribution in [1.82, 2.24) is 10.3 Å². The van der Waals surface area contributed by atoms with E-state index in [1.165, 1.54) is 25.1 Å². The highest BCUT2D eigenvalue weighted by Crippen LogP contribution is 2.20. The van der Waals surface area contributed by atoms with E-state index in [1.807, 2.05) is 0 Å². The van der Waals surface area contributed by atoms with Crippen LogP contribution in [0.2, 0.25) is 0 Å². The Morgan fingerprint density at radius 3 is 3.00 bits per heavy atom. The normalized spacial score (nSPS) is 15.6. The van der Waals surface area contributed by atoms with Crippen LogP contribution < -0.4 is 10.6 Å². The summed E-state index contributed by atoms with van der Waals surface area (Å²) < 4.78 is 12.9. The maximum Gasteiger partial charge on any atom is 0.141 e. The van der Waals surface area contributed by atoms with E-state index in [0.717, 1.165) is 11.4 Å². The molecule has 0 amide bonds. The van der Waals surface area contributed by atoms with E-state index in [1.54, 1.807) is 7.05 Å². The molecule has 0 radical (unpaired) electrons. The summed E-state index contributed by atoms with van der Waals surface area (Å²) in [5.41, 5.74) is 0.888. The molecule has 1 heterocycles. The third kappa shape index (κ3) is 2.20. The molecule has 2 rings (SSSR count). The number of anilines is 1. The molecule has 0 bridgehead atoms. The molecule has 1 aliphatic carbocycles. The zero-order chi connectivity index (χ0) is 9.97. The van der Waals surface area contributed by atoms with Crippen molar-refractivity contribution in [3.8, 4) is 0 Å². The Balaban J connectivity index is 2.07. The number of halogens is 1. The first-order chi connectivity index (χ1) is 6.79. The Labute approximate surface area is 82.7 Å². The van der Waals surface area contributed by atoms with E-state index in [9.17, 15) is 4.39 Å². The third-order valence-electron chi connectivity index (χ3n) is 2.33. The van der Waals surface area contributed by atoms with Crippen molar-refractivity contribution in [2.24, 2.45) is 0 Å². The molecule has 1 aliphatic rings. The lowest BCUT2D eigenvalue weighted by Crippen LogP contribution is -2.16. The predicted octanol–water partition coefficient (Wildman–Crippen LogP) is 1.51. The molecule has 4 heteroatoms. The van der Waals surface area contributed by atoms with Crippen molar-refractivity contribution >= 4 is 5.82 Å². The Morgan fingerprint density at radius 1 is 1.57 bits per heavy atom. The minimum Gasteiger partial charge on any atom is -0.373 e. The summed E-state index contributed by atoms with van der Waals surface area (Å²) in [4.78, 5) is 3.97. The Hall–Kier alpha value is -1.16. The van der Waals surface area contributed by atoms with Gasteiger partial charge in [0.1, 0.15) is 11.6 Å². The molecule has 0 spiro atoms. The van der Waals surface area contributed by atoms with Crippen molar-refractivity contribution in [1.29, 1.82) is 0 Å². The van der Waals surface area contributed by atoms with Crippen LogP contribution in [0.1, 0.15) is 18.4 Å². The first-order valence-electron chi connectivity index (χ1n) is 4.85. The minimum atomic E-state index is -0.281. The van der Waals surface area contributed by atoms with Gasteiger partial charge in [-0.15, -0.1) is 0 Å². The largest absolute Gasteiger partial charge is 0.373 e. The summed E-state index contributed by atoms with van der Waals surface area (Å²) in [5.74, 6) is 0.469. The summed E-state index contributed by atoms with van der Waals surface area (Å²) >= 11 is 0. The van der Waals surface area contributed by atoms with Gasteiger partial charge in [-0.05, 0) is 18.9 Å². The quantitative estimate of drug-likeness (QED) is 0.764. The van der Waals surface area contributed by atoms with Crippen LogP contribution in [0.15, 0.2) is 12.3 Å². The fraction of sp³-hybridized carbons (Fsp3) is 0.500. The first-order valence-corrected chi connectivity index (χ1v) is 4.85. The summed E-state index contributed by atoms with van der Waals surface area (Å²) in [6, 6.07) is 2.15. The number of nitrogens with zero attached hydrogens (tertiary/aromatic N) is 1. The molecule has 2 N–H and O–H groups in total. The van der Waals surface area contributed by atoms with Crippen LogP contribution in [-0.2, 0) is 6.54 Å². The molecule has 0 aliphatic heterocycles. The second-order valence-corrected chi connectivity index (χ2v) is 3.57. The van der Waals surface area contributed by atoms with Gasteiger partial charge < -0.3 is 10.6 Å².